The van der Waals surface area contributed by atoms with E-state index in [0.717, 1.165) is 11.6 Å². The van der Waals surface area contributed by atoms with E-state index in [1.807, 2.05) is 19.9 Å². The molecule has 1 fully saturated rings. The Bertz CT molecular complexity index is 1330. The number of amides is 2. The van der Waals surface area contributed by atoms with Crippen LogP contribution in [0.2, 0.25) is 0 Å². The van der Waals surface area contributed by atoms with Gasteiger partial charge in [0.15, 0.2) is 0 Å². The molecule has 2 amide bonds. The van der Waals surface area contributed by atoms with Gasteiger partial charge in [0, 0.05) is 42.6 Å². The number of halogens is 1. The summed E-state index contributed by atoms with van der Waals surface area (Å²) in [5.41, 5.74) is 2.26. The van der Waals surface area contributed by atoms with Crippen LogP contribution >= 0.6 is 0 Å². The Morgan fingerprint density at radius 1 is 1.24 bits per heavy atom. The first-order valence-electron chi connectivity index (χ1n) is 10.5. The number of benzene rings is 2. The second-order valence-electron chi connectivity index (χ2n) is 7.76. The van der Waals surface area contributed by atoms with Crippen molar-refractivity contribution in [2.24, 2.45) is 4.36 Å². The zero-order valence-electron chi connectivity index (χ0n) is 18.3. The van der Waals surface area contributed by atoms with E-state index in [9.17, 15) is 18.5 Å². The summed E-state index contributed by atoms with van der Waals surface area (Å²) >= 11 is 0. The van der Waals surface area contributed by atoms with Gasteiger partial charge in [-0.05, 0) is 43.7 Å². The Labute approximate surface area is 191 Å². The maximum absolute atomic E-state index is 13.3. The number of aryl methyl sites for hydroxylation is 1. The second kappa shape index (κ2) is 9.18. The van der Waals surface area contributed by atoms with Crippen LogP contribution in [0.25, 0.3) is 10.9 Å². The first kappa shape index (κ1) is 22.7. The van der Waals surface area contributed by atoms with Gasteiger partial charge in [0.25, 0.3) is 0 Å². The van der Waals surface area contributed by atoms with E-state index in [1.165, 1.54) is 18.5 Å². The normalized spacial score (nSPS) is 15.3. The number of aromatic hydroxyl groups is 1. The van der Waals surface area contributed by atoms with Crippen molar-refractivity contribution in [3.8, 4) is 5.75 Å². The predicted molar refractivity (Wildman–Crippen MR) is 126 cm³/mol. The molecule has 3 N–H and O–H groups in total. The number of phenolic OH excluding ortho intramolecular Hbond substituents is 1. The maximum Gasteiger partial charge on any atom is 0.317 e. The fraction of sp³-hybridized carbons (Fsp3) is 0.318. The lowest BCUT2D eigenvalue weighted by atomic mass is 10.1. The molecular formula is C22H25FN6O3S. The summed E-state index contributed by atoms with van der Waals surface area (Å²) in [4.78, 5) is 22.2. The van der Waals surface area contributed by atoms with Crippen molar-refractivity contribution in [3.63, 3.8) is 0 Å². The average molecular weight is 473 g/mol. The van der Waals surface area contributed by atoms with Crippen molar-refractivity contribution in [3.05, 3.63) is 48.0 Å². The summed E-state index contributed by atoms with van der Waals surface area (Å²) in [6, 6.07) is 7.08. The average Bonchev–Trinajstić information content (AvgIpc) is 2.76. The minimum Gasteiger partial charge on any atom is -0.506 e. The SMILES string of the molecule is CCNC(=O)N1CCS(=O)(=Nc2cc(C)c3c(Nc4ccc(F)cc4O)ncnc3c2)CC1. The highest BCUT2D eigenvalue weighted by atomic mass is 32.2. The van der Waals surface area contributed by atoms with Crippen LogP contribution in [-0.4, -0.2) is 61.4 Å². The van der Waals surface area contributed by atoms with E-state index in [2.05, 4.69) is 25.0 Å². The molecule has 9 nitrogen and oxygen atoms in total. The molecule has 3 aromatic rings. The maximum atomic E-state index is 13.3. The van der Waals surface area contributed by atoms with Crippen LogP contribution in [0.5, 0.6) is 5.75 Å². The summed E-state index contributed by atoms with van der Waals surface area (Å²) in [7, 11) is -2.50. The number of rotatable bonds is 4. The third-order valence-corrected chi connectivity index (χ3v) is 7.56. The van der Waals surface area contributed by atoms with E-state index < -0.39 is 15.5 Å². The molecule has 0 atom stereocenters. The van der Waals surface area contributed by atoms with E-state index in [0.29, 0.717) is 59.2 Å². The van der Waals surface area contributed by atoms with Gasteiger partial charge >= 0.3 is 6.03 Å². The van der Waals surface area contributed by atoms with E-state index in [4.69, 9.17) is 0 Å². The first-order valence-corrected chi connectivity index (χ1v) is 12.4. The van der Waals surface area contributed by atoms with Gasteiger partial charge in [-0.1, -0.05) is 0 Å². The van der Waals surface area contributed by atoms with Crippen molar-refractivity contribution in [2.45, 2.75) is 13.8 Å². The Hall–Kier alpha value is -3.47. The lowest BCUT2D eigenvalue weighted by molar-refractivity contribution is 0.203. The molecule has 0 spiro atoms. The molecule has 0 saturated carbocycles. The largest absolute Gasteiger partial charge is 0.506 e. The van der Waals surface area contributed by atoms with Crippen LogP contribution in [0, 0.1) is 12.7 Å². The Kier molecular flexibility index (Phi) is 6.32. The standard InChI is InChI=1S/C22H25FN6O3S/c1-3-24-22(31)29-6-8-33(32,9-7-29)28-16-10-14(2)20-18(12-16)25-13-26-21(20)27-17-5-4-15(23)11-19(17)30/h4-5,10-13,30H,3,6-9H2,1-2H3,(H,24,31)(H,25,26,27). The van der Waals surface area contributed by atoms with E-state index >= 15 is 0 Å². The van der Waals surface area contributed by atoms with E-state index in [1.54, 1.807) is 11.0 Å². The van der Waals surface area contributed by atoms with Gasteiger partial charge in [-0.15, -0.1) is 0 Å². The van der Waals surface area contributed by atoms with Gasteiger partial charge < -0.3 is 20.6 Å². The molecule has 2 heterocycles. The molecule has 1 aliphatic rings. The number of carbonyl (C=O) groups excluding carboxylic acids is 1. The van der Waals surface area contributed by atoms with Crippen molar-refractivity contribution in [1.82, 2.24) is 20.2 Å². The van der Waals surface area contributed by atoms with Crippen molar-refractivity contribution in [1.29, 1.82) is 0 Å². The number of nitrogens with zero attached hydrogens (tertiary/aromatic N) is 4. The molecule has 0 aliphatic carbocycles. The van der Waals surface area contributed by atoms with Crippen LogP contribution in [0.3, 0.4) is 0 Å². The van der Waals surface area contributed by atoms with E-state index in [-0.39, 0.29) is 11.8 Å². The van der Waals surface area contributed by atoms with Crippen molar-refractivity contribution in [2.75, 3.05) is 36.5 Å². The molecule has 33 heavy (non-hydrogen) atoms. The number of fused-ring (bicyclic) bond motifs is 1. The number of anilines is 2. The minimum absolute atomic E-state index is 0.149. The highest BCUT2D eigenvalue weighted by molar-refractivity contribution is 7.93. The van der Waals surface area contributed by atoms with Gasteiger partial charge in [-0.25, -0.2) is 23.4 Å². The van der Waals surface area contributed by atoms with Gasteiger partial charge in [-0.3, -0.25) is 0 Å². The Balaban J connectivity index is 1.62. The Morgan fingerprint density at radius 3 is 2.70 bits per heavy atom. The third-order valence-electron chi connectivity index (χ3n) is 5.38. The summed E-state index contributed by atoms with van der Waals surface area (Å²) in [6.45, 7) is 5.04. The zero-order valence-corrected chi connectivity index (χ0v) is 19.2. The van der Waals surface area contributed by atoms with Crippen molar-refractivity contribution >= 4 is 43.9 Å². The molecule has 1 aliphatic heterocycles. The highest BCUT2D eigenvalue weighted by Crippen LogP contribution is 2.33. The second-order valence-corrected chi connectivity index (χ2v) is 10.3. The van der Waals surface area contributed by atoms with Crippen LogP contribution in [0.1, 0.15) is 12.5 Å². The van der Waals surface area contributed by atoms with Crippen molar-refractivity contribution < 1.29 is 18.5 Å². The van der Waals surface area contributed by atoms with Crippen LogP contribution < -0.4 is 10.6 Å². The lowest BCUT2D eigenvalue weighted by Gasteiger charge is -2.28. The monoisotopic (exact) mass is 472 g/mol. The minimum atomic E-state index is -2.50. The highest BCUT2D eigenvalue weighted by Gasteiger charge is 2.24. The van der Waals surface area contributed by atoms with Crippen LogP contribution in [-0.2, 0) is 9.73 Å². The number of hydrogen-bond donors (Lipinski definition) is 3. The fourth-order valence-electron chi connectivity index (χ4n) is 3.73. The van der Waals surface area contributed by atoms with Gasteiger partial charge in [0.2, 0.25) is 0 Å². The number of hydrogen-bond acceptors (Lipinski definition) is 7. The predicted octanol–water partition coefficient (Wildman–Crippen LogP) is 3.67. The van der Waals surface area contributed by atoms with Gasteiger partial charge in [0.1, 0.15) is 23.7 Å². The molecule has 0 unspecified atom stereocenters. The summed E-state index contributed by atoms with van der Waals surface area (Å²) < 4.78 is 31.1. The first-order chi connectivity index (χ1) is 15.8. The summed E-state index contributed by atoms with van der Waals surface area (Å²) in [5, 5.41) is 16.5. The number of aromatic nitrogens is 2. The summed E-state index contributed by atoms with van der Waals surface area (Å²) in [6.07, 6.45) is 1.37. The van der Waals surface area contributed by atoms with Gasteiger partial charge in [-0.2, -0.15) is 4.36 Å². The molecule has 11 heteroatoms. The quantitative estimate of drug-likeness (QED) is 0.499. The van der Waals surface area contributed by atoms with Crippen LogP contribution in [0.4, 0.5) is 26.4 Å². The smallest absolute Gasteiger partial charge is 0.317 e. The molecule has 0 radical (unpaired) electrons. The molecule has 1 saturated heterocycles. The molecule has 174 valence electrons. The van der Waals surface area contributed by atoms with Gasteiger partial charge in [0.05, 0.1) is 26.6 Å². The molecule has 4 rings (SSSR count). The topological polar surface area (TPSA) is 120 Å². The fourth-order valence-corrected chi connectivity index (χ4v) is 5.62. The lowest BCUT2D eigenvalue weighted by Crippen LogP contribution is -2.48. The molecule has 1 aromatic heterocycles. The zero-order chi connectivity index (χ0) is 23.6. The Morgan fingerprint density at radius 2 is 2.00 bits per heavy atom. The molecule has 0 bridgehead atoms. The number of carbonyl (C=O) groups is 1. The molecular weight excluding hydrogens is 447 g/mol. The third kappa shape index (κ3) is 4.98. The number of urea groups is 1. The number of nitrogens with one attached hydrogen (secondary N) is 2. The molecule has 2 aromatic carbocycles. The number of phenols is 1. The van der Waals surface area contributed by atoms with Crippen LogP contribution in [0.15, 0.2) is 41.0 Å². The summed E-state index contributed by atoms with van der Waals surface area (Å²) in [5.74, 6) is 0.287.